The van der Waals surface area contributed by atoms with Crippen molar-refractivity contribution in [3.63, 3.8) is 0 Å². The molecule has 2 atom stereocenters. The number of nitrogens with one attached hydrogen (secondary N) is 1. The maximum Gasteiger partial charge on any atom is 0.227 e. The molecular formula is C11H19NO3. The number of carbonyl (C=O) groups is 2. The molecule has 1 aliphatic carbocycles. The van der Waals surface area contributed by atoms with E-state index in [0.29, 0.717) is 0 Å². The summed E-state index contributed by atoms with van der Waals surface area (Å²) < 4.78 is 0. The van der Waals surface area contributed by atoms with Crippen LogP contribution in [0.3, 0.4) is 0 Å². The Hall–Kier alpha value is -0.900. The molecule has 0 aromatic rings. The van der Waals surface area contributed by atoms with E-state index in [4.69, 9.17) is 5.11 Å². The van der Waals surface area contributed by atoms with Crippen LogP contribution in [0.1, 0.15) is 39.0 Å². The number of aliphatic hydroxyl groups is 1. The highest BCUT2D eigenvalue weighted by atomic mass is 16.3. The third-order valence-electron chi connectivity index (χ3n) is 2.90. The number of rotatable bonds is 4. The summed E-state index contributed by atoms with van der Waals surface area (Å²) in [6.45, 7) is 1.52. The van der Waals surface area contributed by atoms with Gasteiger partial charge >= 0.3 is 0 Å². The van der Waals surface area contributed by atoms with E-state index in [1.165, 1.54) is 6.92 Å². The topological polar surface area (TPSA) is 66.4 Å². The van der Waals surface area contributed by atoms with Gasteiger partial charge in [0.2, 0.25) is 5.91 Å². The fraction of sp³-hybridized carbons (Fsp3) is 0.818. The molecule has 1 rings (SSSR count). The summed E-state index contributed by atoms with van der Waals surface area (Å²) in [5.41, 5.74) is 0. The molecule has 0 bridgehead atoms. The van der Waals surface area contributed by atoms with Crippen LogP contribution in [0.25, 0.3) is 0 Å². The molecule has 0 aliphatic heterocycles. The third kappa shape index (κ3) is 4.00. The van der Waals surface area contributed by atoms with Gasteiger partial charge in [-0.3, -0.25) is 9.59 Å². The van der Waals surface area contributed by atoms with Crippen LogP contribution in [0.2, 0.25) is 0 Å². The molecule has 15 heavy (non-hydrogen) atoms. The number of hydrogen-bond acceptors (Lipinski definition) is 3. The molecule has 0 aromatic carbocycles. The van der Waals surface area contributed by atoms with Gasteiger partial charge in [-0.1, -0.05) is 12.8 Å². The minimum Gasteiger partial charge on any atom is -0.396 e. The normalized spacial score (nSPS) is 26.0. The number of aliphatic hydroxyl groups excluding tert-OH is 1. The lowest BCUT2D eigenvalue weighted by Gasteiger charge is -2.30. The highest BCUT2D eigenvalue weighted by molar-refractivity contribution is 5.96. The monoisotopic (exact) mass is 213 g/mol. The minimum atomic E-state index is -0.215. The molecule has 4 nitrogen and oxygen atoms in total. The molecular weight excluding hydrogens is 194 g/mol. The van der Waals surface area contributed by atoms with Crippen LogP contribution >= 0.6 is 0 Å². The van der Waals surface area contributed by atoms with Crippen LogP contribution < -0.4 is 5.32 Å². The van der Waals surface area contributed by atoms with Gasteiger partial charge in [0.25, 0.3) is 0 Å². The Kier molecular flexibility index (Phi) is 4.75. The van der Waals surface area contributed by atoms with E-state index in [0.717, 1.165) is 25.7 Å². The molecule has 0 saturated heterocycles. The first kappa shape index (κ1) is 12.2. The van der Waals surface area contributed by atoms with Crippen molar-refractivity contribution in [2.45, 2.75) is 45.1 Å². The second-order valence-electron chi connectivity index (χ2n) is 4.28. The van der Waals surface area contributed by atoms with Gasteiger partial charge in [0.1, 0.15) is 5.78 Å². The van der Waals surface area contributed by atoms with E-state index >= 15 is 0 Å². The summed E-state index contributed by atoms with van der Waals surface area (Å²) in [6, 6.07) is 0.0515. The summed E-state index contributed by atoms with van der Waals surface area (Å²) in [5, 5.41) is 12.0. The zero-order valence-electron chi connectivity index (χ0n) is 9.16. The zero-order valence-corrected chi connectivity index (χ0v) is 9.16. The van der Waals surface area contributed by atoms with Crippen molar-refractivity contribution >= 4 is 11.7 Å². The molecule has 2 unspecified atom stereocenters. The lowest BCUT2D eigenvalue weighted by atomic mass is 9.85. The van der Waals surface area contributed by atoms with Crippen molar-refractivity contribution in [1.82, 2.24) is 5.32 Å². The van der Waals surface area contributed by atoms with Gasteiger partial charge in [-0.15, -0.1) is 0 Å². The van der Waals surface area contributed by atoms with Gasteiger partial charge < -0.3 is 10.4 Å². The minimum absolute atomic E-state index is 0.0470. The maximum absolute atomic E-state index is 11.4. The van der Waals surface area contributed by atoms with Crippen molar-refractivity contribution in [2.24, 2.45) is 5.92 Å². The van der Waals surface area contributed by atoms with Crippen LogP contribution in [-0.2, 0) is 9.59 Å². The van der Waals surface area contributed by atoms with Gasteiger partial charge in [-0.25, -0.2) is 0 Å². The second-order valence-corrected chi connectivity index (χ2v) is 4.28. The number of ketones is 1. The molecule has 1 fully saturated rings. The van der Waals surface area contributed by atoms with Gasteiger partial charge in [-0.05, 0) is 19.8 Å². The molecule has 1 aliphatic rings. The van der Waals surface area contributed by atoms with Crippen molar-refractivity contribution in [1.29, 1.82) is 0 Å². The van der Waals surface area contributed by atoms with Gasteiger partial charge in [0.15, 0.2) is 0 Å². The maximum atomic E-state index is 11.4. The Bertz CT molecular complexity index is 240. The van der Waals surface area contributed by atoms with E-state index in [1.807, 2.05) is 0 Å². The number of Topliss-reactive ketones (excluding diaryl/α,β-unsaturated/α-hetero) is 1. The molecule has 0 radical (unpaired) electrons. The Morgan fingerprint density at radius 3 is 2.60 bits per heavy atom. The summed E-state index contributed by atoms with van der Waals surface area (Å²) >= 11 is 0. The van der Waals surface area contributed by atoms with Crippen LogP contribution in [-0.4, -0.2) is 29.4 Å². The highest BCUT2D eigenvalue weighted by Crippen LogP contribution is 2.23. The summed E-state index contributed by atoms with van der Waals surface area (Å²) in [7, 11) is 0. The zero-order chi connectivity index (χ0) is 11.3. The predicted octanol–water partition coefficient (Wildman–Crippen LogP) is 0.633. The number of amides is 1. The quantitative estimate of drug-likeness (QED) is 0.673. The standard InChI is InChI=1S/C11H19NO3/c1-8(14)6-11(15)12-10-5-3-2-4-9(10)7-13/h9-10,13H,2-7H2,1H3,(H,12,15). The van der Waals surface area contributed by atoms with Crippen LogP contribution in [0.4, 0.5) is 0 Å². The van der Waals surface area contributed by atoms with Crippen LogP contribution in [0.15, 0.2) is 0 Å². The molecule has 1 amide bonds. The Labute approximate surface area is 90.0 Å². The first-order valence-electron chi connectivity index (χ1n) is 5.53. The average molecular weight is 213 g/mol. The van der Waals surface area contributed by atoms with Crippen molar-refractivity contribution in [3.8, 4) is 0 Å². The Morgan fingerprint density at radius 1 is 1.33 bits per heavy atom. The lowest BCUT2D eigenvalue weighted by Crippen LogP contribution is -2.43. The van der Waals surface area contributed by atoms with Crippen molar-refractivity contribution in [3.05, 3.63) is 0 Å². The summed E-state index contributed by atoms with van der Waals surface area (Å²) in [4.78, 5) is 22.1. The van der Waals surface area contributed by atoms with E-state index in [2.05, 4.69) is 5.32 Å². The second kappa shape index (κ2) is 5.85. The van der Waals surface area contributed by atoms with Crippen LogP contribution in [0.5, 0.6) is 0 Å². The first-order chi connectivity index (χ1) is 7.13. The SMILES string of the molecule is CC(=O)CC(=O)NC1CCCCC1CO. The molecule has 86 valence electrons. The molecule has 0 heterocycles. The smallest absolute Gasteiger partial charge is 0.227 e. The number of carbonyl (C=O) groups excluding carboxylic acids is 2. The van der Waals surface area contributed by atoms with Crippen molar-refractivity contribution in [2.75, 3.05) is 6.61 Å². The van der Waals surface area contributed by atoms with Crippen LogP contribution in [0, 0.1) is 5.92 Å². The van der Waals surface area contributed by atoms with Gasteiger partial charge in [-0.2, -0.15) is 0 Å². The Balaban J connectivity index is 2.40. The Morgan fingerprint density at radius 2 is 2.00 bits per heavy atom. The highest BCUT2D eigenvalue weighted by Gasteiger charge is 2.25. The van der Waals surface area contributed by atoms with E-state index in [9.17, 15) is 9.59 Å². The first-order valence-corrected chi connectivity index (χ1v) is 5.53. The summed E-state index contributed by atoms with van der Waals surface area (Å²) in [6.07, 6.45) is 4.02. The molecule has 1 saturated carbocycles. The predicted molar refractivity (Wildman–Crippen MR) is 56.3 cm³/mol. The van der Waals surface area contributed by atoms with Gasteiger partial charge in [0.05, 0.1) is 6.42 Å². The molecule has 2 N–H and O–H groups in total. The lowest BCUT2D eigenvalue weighted by molar-refractivity contribution is -0.128. The van der Waals surface area contributed by atoms with E-state index < -0.39 is 0 Å². The third-order valence-corrected chi connectivity index (χ3v) is 2.90. The fourth-order valence-electron chi connectivity index (χ4n) is 2.10. The molecule has 4 heteroatoms. The van der Waals surface area contributed by atoms with Crippen molar-refractivity contribution < 1.29 is 14.7 Å². The van der Waals surface area contributed by atoms with Gasteiger partial charge in [0, 0.05) is 18.6 Å². The largest absolute Gasteiger partial charge is 0.396 e. The van der Waals surface area contributed by atoms with E-state index in [1.54, 1.807) is 0 Å². The number of hydrogen-bond donors (Lipinski definition) is 2. The van der Waals surface area contributed by atoms with E-state index in [-0.39, 0.29) is 36.7 Å². The summed E-state index contributed by atoms with van der Waals surface area (Å²) in [5.74, 6) is -0.175. The fourth-order valence-corrected chi connectivity index (χ4v) is 2.10. The molecule has 0 spiro atoms. The molecule has 0 aromatic heterocycles. The average Bonchev–Trinajstić information content (AvgIpc) is 2.17.